The number of nitro groups is 1. The number of ether oxygens (including phenoxy) is 1. The predicted molar refractivity (Wildman–Crippen MR) is 83.2 cm³/mol. The lowest BCUT2D eigenvalue weighted by Gasteiger charge is -2.12. The maximum absolute atomic E-state index is 11.9. The van der Waals surface area contributed by atoms with E-state index in [0.29, 0.717) is 24.3 Å². The summed E-state index contributed by atoms with van der Waals surface area (Å²) in [6, 6.07) is 4.48. The van der Waals surface area contributed by atoms with Crippen LogP contribution in [0.4, 0.5) is 11.4 Å². The number of anilines is 1. The van der Waals surface area contributed by atoms with Gasteiger partial charge in [0.05, 0.1) is 11.0 Å². The number of rotatable bonds is 7. The molecule has 0 aromatic heterocycles. The molecule has 1 heterocycles. The largest absolute Gasteiger partial charge is 0.377 e. The van der Waals surface area contributed by atoms with E-state index in [0.717, 1.165) is 25.9 Å². The molecule has 1 amide bonds. The van der Waals surface area contributed by atoms with Crippen LogP contribution in [0.3, 0.4) is 0 Å². The van der Waals surface area contributed by atoms with Gasteiger partial charge >= 0.3 is 0 Å². The quantitative estimate of drug-likeness (QED) is 0.595. The summed E-state index contributed by atoms with van der Waals surface area (Å²) in [5, 5.41) is 17.0. The molecular weight excluding hydrogens is 286 g/mol. The minimum Gasteiger partial charge on any atom is -0.377 e. The summed E-state index contributed by atoms with van der Waals surface area (Å²) in [4.78, 5) is 22.6. The molecule has 120 valence electrons. The van der Waals surface area contributed by atoms with Gasteiger partial charge in [0.2, 0.25) is 0 Å². The fourth-order valence-corrected chi connectivity index (χ4v) is 2.34. The Bertz CT molecular complexity index is 542. The van der Waals surface area contributed by atoms with E-state index in [4.69, 9.17) is 4.74 Å². The maximum Gasteiger partial charge on any atom is 0.293 e. The molecule has 1 aliphatic rings. The standard InChI is InChI=1S/C15H21N3O4/c1-2-7-16-15(19)11-5-6-13(14(9-11)18(20)21)17-10-12-4-3-8-22-12/h5-6,9,12,17H,2-4,7-8,10H2,1H3,(H,16,19). The highest BCUT2D eigenvalue weighted by Gasteiger charge is 2.20. The number of hydrogen-bond acceptors (Lipinski definition) is 5. The van der Waals surface area contributed by atoms with Crippen LogP contribution in [0, 0.1) is 10.1 Å². The number of nitrogens with one attached hydrogen (secondary N) is 2. The van der Waals surface area contributed by atoms with Gasteiger partial charge in [-0.15, -0.1) is 0 Å². The Kier molecular flexibility index (Phi) is 5.71. The second-order valence-electron chi connectivity index (χ2n) is 5.26. The Morgan fingerprint density at radius 1 is 1.50 bits per heavy atom. The van der Waals surface area contributed by atoms with Crippen LogP contribution in [-0.2, 0) is 4.74 Å². The summed E-state index contributed by atoms with van der Waals surface area (Å²) in [6.45, 7) is 3.76. The van der Waals surface area contributed by atoms with Crippen molar-refractivity contribution in [1.29, 1.82) is 0 Å². The van der Waals surface area contributed by atoms with Crippen LogP contribution in [0.25, 0.3) is 0 Å². The van der Waals surface area contributed by atoms with Gasteiger partial charge in [-0.1, -0.05) is 6.92 Å². The van der Waals surface area contributed by atoms with Gasteiger partial charge in [0, 0.05) is 31.3 Å². The zero-order valence-electron chi connectivity index (χ0n) is 12.6. The smallest absolute Gasteiger partial charge is 0.293 e. The first-order chi connectivity index (χ1) is 10.6. The monoisotopic (exact) mass is 307 g/mol. The second kappa shape index (κ2) is 7.74. The van der Waals surface area contributed by atoms with Crippen LogP contribution in [0.5, 0.6) is 0 Å². The normalized spacial score (nSPS) is 17.2. The minimum atomic E-state index is -0.478. The first-order valence-corrected chi connectivity index (χ1v) is 7.54. The van der Waals surface area contributed by atoms with Gasteiger partial charge in [-0.2, -0.15) is 0 Å². The minimum absolute atomic E-state index is 0.0899. The average molecular weight is 307 g/mol. The number of carbonyl (C=O) groups is 1. The van der Waals surface area contributed by atoms with Gasteiger partial charge < -0.3 is 15.4 Å². The number of benzene rings is 1. The third-order valence-corrected chi connectivity index (χ3v) is 3.54. The van der Waals surface area contributed by atoms with Crippen LogP contribution in [0.15, 0.2) is 18.2 Å². The van der Waals surface area contributed by atoms with E-state index in [-0.39, 0.29) is 17.7 Å². The van der Waals surface area contributed by atoms with E-state index < -0.39 is 4.92 Å². The van der Waals surface area contributed by atoms with E-state index >= 15 is 0 Å². The molecule has 1 fully saturated rings. The van der Waals surface area contributed by atoms with Crippen LogP contribution < -0.4 is 10.6 Å². The van der Waals surface area contributed by atoms with Crippen molar-refractivity contribution in [3.05, 3.63) is 33.9 Å². The summed E-state index contributed by atoms with van der Waals surface area (Å²) in [6.07, 6.45) is 2.88. The Morgan fingerprint density at radius 3 is 2.95 bits per heavy atom. The van der Waals surface area contributed by atoms with E-state index in [1.807, 2.05) is 6.92 Å². The molecule has 7 nitrogen and oxygen atoms in total. The molecule has 0 radical (unpaired) electrons. The van der Waals surface area contributed by atoms with Crippen LogP contribution >= 0.6 is 0 Å². The van der Waals surface area contributed by atoms with Crippen LogP contribution in [0.2, 0.25) is 0 Å². The Morgan fingerprint density at radius 2 is 2.32 bits per heavy atom. The highest BCUT2D eigenvalue weighted by atomic mass is 16.6. The molecule has 1 atom stereocenters. The van der Waals surface area contributed by atoms with Crippen LogP contribution in [0.1, 0.15) is 36.5 Å². The second-order valence-corrected chi connectivity index (χ2v) is 5.26. The van der Waals surface area contributed by atoms with Crippen molar-refractivity contribution in [3.63, 3.8) is 0 Å². The first kappa shape index (κ1) is 16.2. The van der Waals surface area contributed by atoms with Crippen molar-refractivity contribution < 1.29 is 14.5 Å². The number of amides is 1. The SMILES string of the molecule is CCCNC(=O)c1ccc(NCC2CCCO2)c([N+](=O)[O-])c1. The predicted octanol–water partition coefficient (Wildman–Crippen LogP) is 2.33. The molecule has 1 aliphatic heterocycles. The highest BCUT2D eigenvalue weighted by molar-refractivity contribution is 5.95. The topological polar surface area (TPSA) is 93.5 Å². The fourth-order valence-electron chi connectivity index (χ4n) is 2.34. The molecule has 1 unspecified atom stereocenters. The van der Waals surface area contributed by atoms with Gasteiger partial charge in [0.25, 0.3) is 11.6 Å². The van der Waals surface area contributed by atoms with Crippen molar-refractivity contribution in [2.24, 2.45) is 0 Å². The van der Waals surface area contributed by atoms with Gasteiger partial charge in [-0.25, -0.2) is 0 Å². The third-order valence-electron chi connectivity index (χ3n) is 3.54. The lowest BCUT2D eigenvalue weighted by Crippen LogP contribution is -2.24. The van der Waals surface area contributed by atoms with E-state index in [9.17, 15) is 14.9 Å². The molecule has 0 saturated carbocycles. The first-order valence-electron chi connectivity index (χ1n) is 7.54. The Balaban J connectivity index is 2.09. The molecule has 1 aromatic carbocycles. The van der Waals surface area contributed by atoms with E-state index in [2.05, 4.69) is 10.6 Å². The van der Waals surface area contributed by atoms with Gasteiger partial charge in [-0.05, 0) is 31.4 Å². The zero-order chi connectivity index (χ0) is 15.9. The summed E-state index contributed by atoms with van der Waals surface area (Å²) >= 11 is 0. The molecule has 1 saturated heterocycles. The zero-order valence-corrected chi connectivity index (χ0v) is 12.6. The van der Waals surface area contributed by atoms with Crippen molar-refractivity contribution in [1.82, 2.24) is 5.32 Å². The molecule has 22 heavy (non-hydrogen) atoms. The highest BCUT2D eigenvalue weighted by Crippen LogP contribution is 2.26. The van der Waals surface area contributed by atoms with E-state index in [1.54, 1.807) is 12.1 Å². The summed E-state index contributed by atoms with van der Waals surface area (Å²) in [7, 11) is 0. The fraction of sp³-hybridized carbons (Fsp3) is 0.533. The molecular formula is C15H21N3O4. The molecule has 7 heteroatoms. The summed E-state index contributed by atoms with van der Waals surface area (Å²) < 4.78 is 5.48. The summed E-state index contributed by atoms with van der Waals surface area (Å²) in [5.74, 6) is -0.296. The van der Waals surface area contributed by atoms with Crippen molar-refractivity contribution in [2.45, 2.75) is 32.3 Å². The Labute approximate surface area is 129 Å². The van der Waals surface area contributed by atoms with Crippen molar-refractivity contribution >= 4 is 17.3 Å². The lowest BCUT2D eigenvalue weighted by atomic mass is 10.1. The van der Waals surface area contributed by atoms with Gasteiger partial charge in [-0.3, -0.25) is 14.9 Å². The average Bonchev–Trinajstić information content (AvgIpc) is 3.03. The number of nitrogens with zero attached hydrogens (tertiary/aromatic N) is 1. The lowest BCUT2D eigenvalue weighted by molar-refractivity contribution is -0.384. The van der Waals surface area contributed by atoms with Crippen molar-refractivity contribution in [3.8, 4) is 0 Å². The molecule has 0 bridgehead atoms. The van der Waals surface area contributed by atoms with Crippen LogP contribution in [-0.4, -0.2) is 36.6 Å². The van der Waals surface area contributed by atoms with Gasteiger partial charge in [0.1, 0.15) is 5.69 Å². The number of carbonyl (C=O) groups excluding carboxylic acids is 1. The van der Waals surface area contributed by atoms with Crippen molar-refractivity contribution in [2.75, 3.05) is 25.0 Å². The summed E-state index contributed by atoms with van der Waals surface area (Å²) in [5.41, 5.74) is 0.609. The molecule has 2 N–H and O–H groups in total. The maximum atomic E-state index is 11.9. The van der Waals surface area contributed by atoms with Gasteiger partial charge in [0.15, 0.2) is 0 Å². The Hall–Kier alpha value is -2.15. The molecule has 2 rings (SSSR count). The number of nitro benzene ring substituents is 1. The molecule has 0 spiro atoms. The van der Waals surface area contributed by atoms with E-state index in [1.165, 1.54) is 6.07 Å². The molecule has 1 aromatic rings. The number of hydrogen-bond donors (Lipinski definition) is 2. The molecule has 0 aliphatic carbocycles. The third kappa shape index (κ3) is 4.17.